The van der Waals surface area contributed by atoms with Crippen molar-refractivity contribution in [3.63, 3.8) is 0 Å². The fourth-order valence-electron chi connectivity index (χ4n) is 4.24. The van der Waals surface area contributed by atoms with Crippen molar-refractivity contribution in [3.8, 4) is 22.5 Å². The standard InChI is InChI=1S/C24H26ClN7/c1-32-9-7-15(8-10-32)13-27-24-23(26)29-21(16-5-3-2-4-6-16)22(30-24)17-11-18-14-28-31-20(18)19(25)12-17/h2-6,11-12,14-15H,7-10,13H2,1H3,(H2,26,29)(H,27,30)(H,28,31). The van der Waals surface area contributed by atoms with E-state index in [0.717, 1.165) is 53.1 Å². The summed E-state index contributed by atoms with van der Waals surface area (Å²) in [5, 5.41) is 12.0. The van der Waals surface area contributed by atoms with Crippen molar-refractivity contribution in [1.29, 1.82) is 0 Å². The van der Waals surface area contributed by atoms with Crippen LogP contribution in [0.15, 0.2) is 48.7 Å². The Hall–Kier alpha value is -3.16. The zero-order chi connectivity index (χ0) is 22.1. The number of likely N-dealkylation sites (tertiary alicyclic amines) is 1. The molecule has 8 heteroatoms. The van der Waals surface area contributed by atoms with Crippen LogP contribution >= 0.6 is 11.6 Å². The molecule has 0 radical (unpaired) electrons. The number of piperidine rings is 1. The number of hydrogen-bond donors (Lipinski definition) is 3. The number of nitrogen functional groups attached to an aromatic ring is 1. The van der Waals surface area contributed by atoms with Crippen molar-refractivity contribution >= 4 is 34.1 Å². The van der Waals surface area contributed by atoms with Crippen LogP contribution in [0.25, 0.3) is 33.4 Å². The van der Waals surface area contributed by atoms with Crippen molar-refractivity contribution in [1.82, 2.24) is 25.1 Å². The summed E-state index contributed by atoms with van der Waals surface area (Å²) in [4.78, 5) is 12.1. The van der Waals surface area contributed by atoms with Crippen LogP contribution < -0.4 is 11.1 Å². The SMILES string of the molecule is CN1CCC(CNc2nc(-c3cc(Cl)c4[nH]ncc4c3)c(-c3ccccc3)nc2N)CC1. The van der Waals surface area contributed by atoms with E-state index in [2.05, 4.69) is 27.5 Å². The van der Waals surface area contributed by atoms with Crippen LogP contribution in [0.4, 0.5) is 11.6 Å². The van der Waals surface area contributed by atoms with E-state index in [9.17, 15) is 0 Å². The fourth-order valence-corrected chi connectivity index (χ4v) is 4.50. The van der Waals surface area contributed by atoms with E-state index in [4.69, 9.17) is 27.3 Å². The van der Waals surface area contributed by atoms with Gasteiger partial charge < -0.3 is 16.0 Å². The first-order valence-electron chi connectivity index (χ1n) is 10.9. The highest BCUT2D eigenvalue weighted by molar-refractivity contribution is 6.35. The first kappa shape index (κ1) is 20.7. The number of nitrogens with zero attached hydrogens (tertiary/aromatic N) is 4. The van der Waals surface area contributed by atoms with Gasteiger partial charge in [-0.15, -0.1) is 0 Å². The van der Waals surface area contributed by atoms with Gasteiger partial charge in [-0.2, -0.15) is 5.10 Å². The molecular formula is C24H26ClN7. The van der Waals surface area contributed by atoms with Crippen molar-refractivity contribution in [3.05, 3.63) is 53.7 Å². The molecule has 0 unspecified atom stereocenters. The molecule has 0 atom stereocenters. The minimum absolute atomic E-state index is 0.399. The number of nitrogens with one attached hydrogen (secondary N) is 2. The van der Waals surface area contributed by atoms with Crippen LogP contribution in [-0.2, 0) is 0 Å². The van der Waals surface area contributed by atoms with E-state index in [1.807, 2.05) is 42.5 Å². The van der Waals surface area contributed by atoms with Crippen LogP contribution in [0.2, 0.25) is 5.02 Å². The second-order valence-corrected chi connectivity index (χ2v) is 8.85. The molecule has 164 valence electrons. The first-order valence-corrected chi connectivity index (χ1v) is 11.2. The number of H-pyrrole nitrogens is 1. The Labute approximate surface area is 192 Å². The smallest absolute Gasteiger partial charge is 0.169 e. The maximum atomic E-state index is 6.53. The maximum Gasteiger partial charge on any atom is 0.169 e. The van der Waals surface area contributed by atoms with Crippen LogP contribution in [0.5, 0.6) is 0 Å². The van der Waals surface area contributed by atoms with Crippen molar-refractivity contribution < 1.29 is 0 Å². The first-order chi connectivity index (χ1) is 15.6. The zero-order valence-corrected chi connectivity index (χ0v) is 18.7. The molecule has 2 aromatic heterocycles. The Kier molecular flexibility index (Phi) is 5.68. The number of anilines is 2. The molecule has 1 fully saturated rings. The number of fused-ring (bicyclic) bond motifs is 1. The second kappa shape index (κ2) is 8.76. The highest BCUT2D eigenvalue weighted by Gasteiger charge is 2.20. The number of benzene rings is 2. The van der Waals surface area contributed by atoms with Crippen LogP contribution in [0.1, 0.15) is 12.8 Å². The van der Waals surface area contributed by atoms with Gasteiger partial charge in [0.15, 0.2) is 11.6 Å². The Morgan fingerprint density at radius 3 is 2.62 bits per heavy atom. The van der Waals surface area contributed by atoms with Gasteiger partial charge in [0.1, 0.15) is 0 Å². The van der Waals surface area contributed by atoms with Gasteiger partial charge in [-0.25, -0.2) is 9.97 Å². The van der Waals surface area contributed by atoms with E-state index in [0.29, 0.717) is 22.6 Å². The van der Waals surface area contributed by atoms with Gasteiger partial charge >= 0.3 is 0 Å². The number of hydrogen-bond acceptors (Lipinski definition) is 6. The van der Waals surface area contributed by atoms with Gasteiger partial charge in [-0.1, -0.05) is 41.9 Å². The van der Waals surface area contributed by atoms with Crippen LogP contribution in [0, 0.1) is 5.92 Å². The summed E-state index contributed by atoms with van der Waals surface area (Å²) in [6.45, 7) is 3.07. The number of aromatic nitrogens is 4. The number of halogens is 1. The van der Waals surface area contributed by atoms with Gasteiger partial charge in [0.05, 0.1) is 28.1 Å². The lowest BCUT2D eigenvalue weighted by atomic mass is 9.97. The molecular weight excluding hydrogens is 422 g/mol. The lowest BCUT2D eigenvalue weighted by Crippen LogP contribution is -2.33. The lowest BCUT2D eigenvalue weighted by molar-refractivity contribution is 0.226. The minimum Gasteiger partial charge on any atom is -0.381 e. The Bertz CT molecular complexity index is 1230. The second-order valence-electron chi connectivity index (χ2n) is 8.44. The maximum absolute atomic E-state index is 6.53. The third-order valence-corrected chi connectivity index (χ3v) is 6.44. The number of rotatable bonds is 5. The molecule has 2 aromatic carbocycles. The third kappa shape index (κ3) is 4.13. The zero-order valence-electron chi connectivity index (χ0n) is 18.0. The molecule has 0 aliphatic carbocycles. The number of nitrogens with two attached hydrogens (primary N) is 1. The Balaban J connectivity index is 1.55. The van der Waals surface area contributed by atoms with Gasteiger partial charge in [0.25, 0.3) is 0 Å². The molecule has 1 saturated heterocycles. The topological polar surface area (TPSA) is 95.8 Å². The minimum atomic E-state index is 0.399. The fraction of sp³-hybridized carbons (Fsp3) is 0.292. The Morgan fingerprint density at radius 1 is 1.09 bits per heavy atom. The molecule has 3 heterocycles. The summed E-state index contributed by atoms with van der Waals surface area (Å²) in [5.74, 6) is 1.61. The van der Waals surface area contributed by atoms with Crippen molar-refractivity contribution in [2.24, 2.45) is 5.92 Å². The van der Waals surface area contributed by atoms with E-state index in [1.165, 1.54) is 12.8 Å². The molecule has 0 bridgehead atoms. The van der Waals surface area contributed by atoms with E-state index < -0.39 is 0 Å². The quantitative estimate of drug-likeness (QED) is 0.411. The predicted molar refractivity (Wildman–Crippen MR) is 131 cm³/mol. The predicted octanol–water partition coefficient (Wildman–Crippen LogP) is 4.68. The third-order valence-electron chi connectivity index (χ3n) is 6.14. The van der Waals surface area contributed by atoms with Crippen LogP contribution in [-0.4, -0.2) is 51.7 Å². The van der Waals surface area contributed by atoms with Gasteiger partial charge in [-0.05, 0) is 51.0 Å². The lowest BCUT2D eigenvalue weighted by Gasteiger charge is -2.29. The normalized spacial score (nSPS) is 15.3. The average molecular weight is 448 g/mol. The van der Waals surface area contributed by atoms with Crippen molar-refractivity contribution in [2.75, 3.05) is 37.7 Å². The summed E-state index contributed by atoms with van der Waals surface area (Å²) >= 11 is 6.53. The summed E-state index contributed by atoms with van der Waals surface area (Å²) in [5.41, 5.74) is 10.5. The average Bonchev–Trinajstić information content (AvgIpc) is 3.29. The molecule has 0 saturated carbocycles. The van der Waals surface area contributed by atoms with Crippen LogP contribution in [0.3, 0.4) is 0 Å². The van der Waals surface area contributed by atoms with E-state index in [1.54, 1.807) is 6.20 Å². The molecule has 32 heavy (non-hydrogen) atoms. The van der Waals surface area contributed by atoms with Gasteiger partial charge in [0, 0.05) is 23.1 Å². The molecule has 4 aromatic rings. The summed E-state index contributed by atoms with van der Waals surface area (Å²) in [6, 6.07) is 13.9. The van der Waals surface area contributed by atoms with Gasteiger partial charge in [-0.3, -0.25) is 5.10 Å². The summed E-state index contributed by atoms with van der Waals surface area (Å²) in [6.07, 6.45) is 4.09. The molecule has 5 rings (SSSR count). The molecule has 0 amide bonds. The number of aromatic amines is 1. The molecule has 1 aliphatic heterocycles. The van der Waals surface area contributed by atoms with E-state index >= 15 is 0 Å². The molecule has 7 nitrogen and oxygen atoms in total. The van der Waals surface area contributed by atoms with Gasteiger partial charge in [0.2, 0.25) is 0 Å². The van der Waals surface area contributed by atoms with Crippen molar-refractivity contribution in [2.45, 2.75) is 12.8 Å². The largest absolute Gasteiger partial charge is 0.381 e. The Morgan fingerprint density at radius 2 is 1.84 bits per heavy atom. The highest BCUT2D eigenvalue weighted by atomic mass is 35.5. The molecule has 4 N–H and O–H groups in total. The van der Waals surface area contributed by atoms with E-state index in [-0.39, 0.29) is 0 Å². The summed E-state index contributed by atoms with van der Waals surface area (Å²) < 4.78 is 0. The highest BCUT2D eigenvalue weighted by Crippen LogP contribution is 2.36. The molecule has 0 spiro atoms. The monoisotopic (exact) mass is 447 g/mol. The summed E-state index contributed by atoms with van der Waals surface area (Å²) in [7, 11) is 2.17. The molecule has 1 aliphatic rings.